The van der Waals surface area contributed by atoms with Crippen molar-refractivity contribution in [3.05, 3.63) is 45.1 Å². The predicted molar refractivity (Wildman–Crippen MR) is 60.3 cm³/mol. The van der Waals surface area contributed by atoms with E-state index in [2.05, 4.69) is 4.28 Å². The minimum atomic E-state index is -3.86. The van der Waals surface area contributed by atoms with Crippen LogP contribution in [0.2, 0.25) is 0 Å². The standard InChI is InChI=1S/C9H8N2O5S/c1-17(14,15)16-11-7-5-3-2-4-6(7)8(12)10-9(11)13/h2-5H,1H3,(H,10,12,13). The largest absolute Gasteiger partial charge is 0.363 e. The maximum atomic E-state index is 11.4. The van der Waals surface area contributed by atoms with E-state index in [-0.39, 0.29) is 10.9 Å². The lowest BCUT2D eigenvalue weighted by atomic mass is 10.2. The zero-order valence-electron chi connectivity index (χ0n) is 8.71. The van der Waals surface area contributed by atoms with Gasteiger partial charge >= 0.3 is 15.8 Å². The van der Waals surface area contributed by atoms with Crippen LogP contribution >= 0.6 is 0 Å². The summed E-state index contributed by atoms with van der Waals surface area (Å²) in [4.78, 5) is 24.9. The first-order valence-corrected chi connectivity index (χ1v) is 6.34. The number of fused-ring (bicyclic) bond motifs is 1. The van der Waals surface area contributed by atoms with Crippen LogP contribution in [0.3, 0.4) is 0 Å². The Balaban J connectivity index is 2.88. The zero-order valence-corrected chi connectivity index (χ0v) is 9.52. The SMILES string of the molecule is CS(=O)(=O)On1c(=O)[nH]c(=O)c2ccccc21. The maximum absolute atomic E-state index is 11.4. The molecule has 0 saturated heterocycles. The van der Waals surface area contributed by atoms with Gasteiger partial charge in [0.15, 0.2) is 0 Å². The second kappa shape index (κ2) is 3.74. The van der Waals surface area contributed by atoms with E-state index in [9.17, 15) is 18.0 Å². The molecule has 0 unspecified atom stereocenters. The summed E-state index contributed by atoms with van der Waals surface area (Å²) in [5.41, 5.74) is -1.45. The Bertz CT molecular complexity index is 787. The van der Waals surface area contributed by atoms with Crippen molar-refractivity contribution in [1.29, 1.82) is 0 Å². The number of nitrogens with one attached hydrogen (secondary N) is 1. The Morgan fingerprint density at radius 1 is 1.24 bits per heavy atom. The second-order valence-corrected chi connectivity index (χ2v) is 4.91. The first-order valence-electron chi connectivity index (χ1n) is 4.52. The molecule has 0 spiro atoms. The molecule has 7 nitrogen and oxygen atoms in total. The summed E-state index contributed by atoms with van der Waals surface area (Å²) in [6.07, 6.45) is 0.805. The topological polar surface area (TPSA) is 98.2 Å². The minimum absolute atomic E-state index is 0.0895. The Morgan fingerprint density at radius 3 is 2.53 bits per heavy atom. The van der Waals surface area contributed by atoms with Gasteiger partial charge in [0.2, 0.25) is 0 Å². The van der Waals surface area contributed by atoms with E-state index in [1.54, 1.807) is 12.1 Å². The van der Waals surface area contributed by atoms with Gasteiger partial charge in [0, 0.05) is 0 Å². The van der Waals surface area contributed by atoms with E-state index in [0.29, 0.717) is 4.73 Å². The summed E-state index contributed by atoms with van der Waals surface area (Å²) < 4.78 is 27.1. The van der Waals surface area contributed by atoms with E-state index < -0.39 is 21.4 Å². The molecule has 8 heteroatoms. The second-order valence-electron chi connectivity index (χ2n) is 3.35. The van der Waals surface area contributed by atoms with Gasteiger partial charge in [-0.1, -0.05) is 12.1 Å². The third-order valence-electron chi connectivity index (χ3n) is 1.98. The molecule has 1 heterocycles. The van der Waals surface area contributed by atoms with Crippen LogP contribution in [0.25, 0.3) is 10.9 Å². The number of hydrogen-bond donors (Lipinski definition) is 1. The van der Waals surface area contributed by atoms with Crippen LogP contribution in [0, 0.1) is 0 Å². The number of nitrogens with zero attached hydrogens (tertiary/aromatic N) is 1. The fraction of sp³-hybridized carbons (Fsp3) is 0.111. The van der Waals surface area contributed by atoms with Crippen LogP contribution in [-0.4, -0.2) is 24.4 Å². The first-order chi connectivity index (χ1) is 7.88. The molecule has 0 radical (unpaired) electrons. The Morgan fingerprint density at radius 2 is 1.88 bits per heavy atom. The van der Waals surface area contributed by atoms with Gasteiger partial charge in [-0.2, -0.15) is 8.42 Å². The molecule has 0 fully saturated rings. The molecule has 1 N–H and O–H groups in total. The molecule has 90 valence electrons. The fourth-order valence-corrected chi connectivity index (χ4v) is 1.80. The first kappa shape index (κ1) is 11.4. The number of aromatic nitrogens is 2. The molecule has 2 rings (SSSR count). The lowest BCUT2D eigenvalue weighted by Gasteiger charge is -2.07. The summed E-state index contributed by atoms with van der Waals surface area (Å²) in [6.45, 7) is 0. The van der Waals surface area contributed by atoms with Gasteiger partial charge in [-0.05, 0) is 12.1 Å². The molecule has 17 heavy (non-hydrogen) atoms. The highest BCUT2D eigenvalue weighted by Crippen LogP contribution is 2.05. The highest BCUT2D eigenvalue weighted by Gasteiger charge is 2.11. The number of aromatic amines is 1. The van der Waals surface area contributed by atoms with E-state index in [0.717, 1.165) is 6.26 Å². The van der Waals surface area contributed by atoms with Crippen molar-refractivity contribution < 1.29 is 12.7 Å². The summed E-state index contributed by atoms with van der Waals surface area (Å²) >= 11 is 0. The normalized spacial score (nSPS) is 11.6. The van der Waals surface area contributed by atoms with Gasteiger partial charge in [0.1, 0.15) is 0 Å². The Labute approximate surface area is 95.4 Å². The van der Waals surface area contributed by atoms with Gasteiger partial charge in [0.05, 0.1) is 17.2 Å². The number of H-pyrrole nitrogens is 1. The molecule has 0 aliphatic heterocycles. The number of para-hydroxylation sites is 1. The molecular formula is C9H8N2O5S. The lowest BCUT2D eigenvalue weighted by Crippen LogP contribution is -2.36. The van der Waals surface area contributed by atoms with Crippen molar-refractivity contribution in [3.63, 3.8) is 0 Å². The van der Waals surface area contributed by atoms with E-state index >= 15 is 0 Å². The average Bonchev–Trinajstić information content (AvgIpc) is 2.23. The lowest BCUT2D eigenvalue weighted by molar-refractivity contribution is 0.278. The predicted octanol–water partition coefficient (Wildman–Crippen LogP) is -0.922. The molecular weight excluding hydrogens is 248 g/mol. The number of benzene rings is 1. The molecule has 2 aromatic rings. The van der Waals surface area contributed by atoms with Crippen LogP contribution in [0.15, 0.2) is 33.9 Å². The minimum Gasteiger partial charge on any atom is -0.283 e. The van der Waals surface area contributed by atoms with Crippen LogP contribution < -0.4 is 15.5 Å². The molecule has 0 aliphatic rings. The van der Waals surface area contributed by atoms with E-state index in [1.807, 2.05) is 4.98 Å². The molecule has 0 bridgehead atoms. The van der Waals surface area contributed by atoms with Crippen LogP contribution in [0.5, 0.6) is 0 Å². The van der Waals surface area contributed by atoms with Gasteiger partial charge in [0.25, 0.3) is 5.56 Å². The summed E-state index contributed by atoms with van der Waals surface area (Å²) in [5.74, 6) is 0. The van der Waals surface area contributed by atoms with E-state index in [1.165, 1.54) is 12.1 Å². The van der Waals surface area contributed by atoms with Gasteiger partial charge in [-0.3, -0.25) is 14.1 Å². The summed E-state index contributed by atoms with van der Waals surface area (Å²) in [7, 11) is -3.86. The van der Waals surface area contributed by atoms with Gasteiger partial charge in [-0.25, -0.2) is 4.79 Å². The molecule has 1 aromatic heterocycles. The summed E-state index contributed by atoms with van der Waals surface area (Å²) in [6, 6.07) is 6.02. The number of hydrogen-bond acceptors (Lipinski definition) is 5. The third kappa shape index (κ3) is 2.21. The van der Waals surface area contributed by atoms with Crippen molar-refractivity contribution in [1.82, 2.24) is 9.71 Å². The highest BCUT2D eigenvalue weighted by molar-refractivity contribution is 7.86. The monoisotopic (exact) mass is 256 g/mol. The summed E-state index contributed by atoms with van der Waals surface area (Å²) in [5, 5.41) is 0.163. The Hall–Kier alpha value is -2.09. The molecule has 1 aromatic carbocycles. The van der Waals surface area contributed by atoms with Crippen molar-refractivity contribution in [3.8, 4) is 0 Å². The van der Waals surface area contributed by atoms with Crippen LogP contribution in [0.1, 0.15) is 0 Å². The zero-order chi connectivity index (χ0) is 12.6. The highest BCUT2D eigenvalue weighted by atomic mass is 32.2. The molecule has 0 atom stereocenters. The van der Waals surface area contributed by atoms with Gasteiger partial charge < -0.3 is 0 Å². The van der Waals surface area contributed by atoms with Crippen molar-refractivity contribution in [2.24, 2.45) is 0 Å². The molecule has 0 saturated carbocycles. The van der Waals surface area contributed by atoms with E-state index in [4.69, 9.17) is 0 Å². The van der Waals surface area contributed by atoms with Crippen molar-refractivity contribution >= 4 is 21.0 Å². The maximum Gasteiger partial charge on any atom is 0.363 e. The van der Waals surface area contributed by atoms with Crippen LogP contribution in [0.4, 0.5) is 0 Å². The fourth-order valence-electron chi connectivity index (χ4n) is 1.38. The van der Waals surface area contributed by atoms with Crippen LogP contribution in [-0.2, 0) is 10.1 Å². The quantitative estimate of drug-likeness (QED) is 0.749. The molecule has 0 amide bonds. The van der Waals surface area contributed by atoms with Gasteiger partial charge in [-0.15, -0.1) is 4.73 Å². The average molecular weight is 256 g/mol. The Kier molecular flexibility index (Phi) is 2.50. The van der Waals surface area contributed by atoms with Crippen molar-refractivity contribution in [2.45, 2.75) is 0 Å². The van der Waals surface area contributed by atoms with Crippen molar-refractivity contribution in [2.75, 3.05) is 6.26 Å². The smallest absolute Gasteiger partial charge is 0.283 e. The molecule has 0 aliphatic carbocycles. The third-order valence-corrected chi connectivity index (χ3v) is 2.40. The number of rotatable bonds is 2.